The summed E-state index contributed by atoms with van der Waals surface area (Å²) < 4.78 is 12.5. The number of anilines is 3. The van der Waals surface area contributed by atoms with E-state index in [4.69, 9.17) is 60.0 Å². The van der Waals surface area contributed by atoms with Crippen molar-refractivity contribution >= 4 is 101 Å². The number of aromatic nitrogens is 6. The summed E-state index contributed by atoms with van der Waals surface area (Å²) in [5, 5.41) is 10.5. The number of para-hydroxylation sites is 2. The highest BCUT2D eigenvalue weighted by Crippen LogP contribution is 2.35. The maximum Gasteiger partial charge on any atom is 0.244 e. The van der Waals surface area contributed by atoms with Gasteiger partial charge in [0.2, 0.25) is 17.1 Å². The highest BCUT2D eigenvalue weighted by molar-refractivity contribution is 9.09. The minimum atomic E-state index is -0.431. The van der Waals surface area contributed by atoms with Crippen molar-refractivity contribution in [2.75, 3.05) is 42.3 Å². The van der Waals surface area contributed by atoms with Gasteiger partial charge in [-0.1, -0.05) is 99.8 Å². The monoisotopic (exact) mass is 1160 g/mol. The van der Waals surface area contributed by atoms with Crippen molar-refractivity contribution in [3.63, 3.8) is 0 Å². The molecule has 0 aliphatic heterocycles. The molecule has 2 fully saturated rings. The molecular weight excluding hydrogens is 1100 g/mol. The summed E-state index contributed by atoms with van der Waals surface area (Å²) in [5.41, 5.74) is 12.9. The van der Waals surface area contributed by atoms with E-state index >= 15 is 0 Å². The molecule has 77 heavy (non-hydrogen) atoms. The van der Waals surface area contributed by atoms with Crippen molar-refractivity contribution in [2.24, 2.45) is 0 Å². The number of carbonyl (C=O) groups excluding carboxylic acids is 2. The van der Waals surface area contributed by atoms with Crippen molar-refractivity contribution in [3.05, 3.63) is 162 Å². The van der Waals surface area contributed by atoms with Crippen LogP contribution in [0.1, 0.15) is 56.9 Å². The summed E-state index contributed by atoms with van der Waals surface area (Å²) in [6, 6.07) is 32.1. The standard InChI is InChI=1S/C31H34ClN5O2.C24H24ClN5O.C4H4BrClO/c1-37(2)16-6-8-23(38)17-21-12-14-24(15-13-21)39-25-9-5-7-22(18-25)35-31-34-20-28(32)30(36-31)27-19-33-29-11-4-3-10-26(27)29;25-21-14-28-24(30-23(21)20-13-27-22-7-2-1-6-19(20)22)29-16-4-3-5-18(12-16)31-17-10-8-15(26)9-11-17;5-3-1-2-4(6)7/h3-4,6,8,10-15,19-20,22,25,33H,5,7,9,16-18H2,1-2H3,(H,34,35,36);1-2,6-11,13-14,16,18,27H,3-5,12,26H2,(H,28,29,30);1-2H,3H2/b8-6+;;2-1+. The predicted octanol–water partition coefficient (Wildman–Crippen LogP) is 13.7. The molecule has 0 saturated heterocycles. The van der Waals surface area contributed by atoms with Gasteiger partial charge in [-0.05, 0) is 130 Å². The van der Waals surface area contributed by atoms with Gasteiger partial charge in [0.15, 0.2) is 5.78 Å². The lowest BCUT2D eigenvalue weighted by molar-refractivity contribution is -0.114. The van der Waals surface area contributed by atoms with Gasteiger partial charge in [0.05, 0.1) is 33.8 Å². The number of ketones is 1. The van der Waals surface area contributed by atoms with Gasteiger partial charge < -0.3 is 40.7 Å². The number of likely N-dealkylation sites (N-methyl/N-ethyl adjacent to an activating group) is 1. The van der Waals surface area contributed by atoms with E-state index < -0.39 is 5.24 Å². The molecule has 0 radical (unpaired) electrons. The summed E-state index contributed by atoms with van der Waals surface area (Å²) in [6.45, 7) is 0.755. The molecule has 4 unspecified atom stereocenters. The van der Waals surface area contributed by atoms with Crippen LogP contribution in [-0.4, -0.2) is 96.1 Å². The number of nitrogens with two attached hydrogens (primary N) is 1. The summed E-state index contributed by atoms with van der Waals surface area (Å²) >= 11 is 21.0. The Bertz CT molecular complexity index is 3280. The molecule has 8 aromatic rings. The van der Waals surface area contributed by atoms with Crippen LogP contribution in [0.25, 0.3) is 44.3 Å². The van der Waals surface area contributed by atoms with Crippen LogP contribution >= 0.6 is 50.7 Å². The number of ether oxygens (including phenoxy) is 2. The number of nitrogens with zero attached hydrogens (tertiary/aromatic N) is 5. The van der Waals surface area contributed by atoms with Gasteiger partial charge in [-0.25, -0.2) is 19.9 Å². The summed E-state index contributed by atoms with van der Waals surface area (Å²) in [5.74, 6) is 2.93. The van der Waals surface area contributed by atoms with E-state index in [-0.39, 0.29) is 30.1 Å². The van der Waals surface area contributed by atoms with Gasteiger partial charge >= 0.3 is 0 Å². The minimum absolute atomic E-state index is 0.0955. The number of hydrogen-bond acceptors (Lipinski definition) is 12. The van der Waals surface area contributed by atoms with Crippen LogP contribution in [0.2, 0.25) is 10.0 Å². The second kappa shape index (κ2) is 28.0. The normalized spacial score (nSPS) is 17.4. The number of fused-ring (bicyclic) bond motifs is 2. The number of rotatable bonds is 17. The van der Waals surface area contributed by atoms with Crippen molar-refractivity contribution in [1.29, 1.82) is 0 Å². The van der Waals surface area contributed by atoms with Crippen LogP contribution in [0, 0.1) is 0 Å². The molecular formula is C59H62BrCl3N10O4. The average Bonchev–Trinajstić information content (AvgIpc) is 4.06. The topological polar surface area (TPSA) is 189 Å². The fourth-order valence-corrected chi connectivity index (χ4v) is 9.99. The Morgan fingerprint density at radius 3 is 1.66 bits per heavy atom. The van der Waals surface area contributed by atoms with Crippen LogP contribution < -0.4 is 25.8 Å². The fourth-order valence-electron chi connectivity index (χ4n) is 9.33. The third-order valence-electron chi connectivity index (χ3n) is 13.0. The summed E-state index contributed by atoms with van der Waals surface area (Å²) in [7, 11) is 3.96. The number of allylic oxidation sites excluding steroid dienone is 3. The van der Waals surface area contributed by atoms with Crippen molar-refractivity contribution < 1.29 is 19.1 Å². The third-order valence-corrected chi connectivity index (χ3v) is 14.0. The number of aromatic amines is 2. The molecule has 0 bridgehead atoms. The van der Waals surface area contributed by atoms with E-state index in [2.05, 4.69) is 58.6 Å². The first kappa shape index (κ1) is 56.5. The van der Waals surface area contributed by atoms with Gasteiger partial charge in [0.25, 0.3) is 0 Å². The van der Waals surface area contributed by atoms with Crippen LogP contribution in [0.3, 0.4) is 0 Å². The highest BCUT2D eigenvalue weighted by Gasteiger charge is 2.26. The maximum atomic E-state index is 12.2. The van der Waals surface area contributed by atoms with Crippen LogP contribution in [0.5, 0.6) is 11.5 Å². The zero-order valence-corrected chi connectivity index (χ0v) is 46.8. The Labute approximate surface area is 472 Å². The molecule has 4 heterocycles. The Balaban J connectivity index is 0.000000185. The molecule has 400 valence electrons. The van der Waals surface area contributed by atoms with Crippen LogP contribution in [0.15, 0.2) is 146 Å². The Morgan fingerprint density at radius 1 is 0.701 bits per heavy atom. The van der Waals surface area contributed by atoms with E-state index in [1.165, 1.54) is 6.08 Å². The fraction of sp³-hybridized carbons (Fsp3) is 0.288. The molecule has 4 aromatic carbocycles. The molecule has 0 spiro atoms. The zero-order valence-electron chi connectivity index (χ0n) is 42.9. The molecule has 0 amide bonds. The van der Waals surface area contributed by atoms with E-state index in [0.29, 0.717) is 39.4 Å². The lowest BCUT2D eigenvalue weighted by Gasteiger charge is -2.30. The number of benzene rings is 4. The Kier molecular flexibility index (Phi) is 20.6. The molecule has 2 saturated carbocycles. The molecule has 14 nitrogen and oxygen atoms in total. The second-order valence-electron chi connectivity index (χ2n) is 19.2. The molecule has 4 atom stereocenters. The first-order valence-corrected chi connectivity index (χ1v) is 27.9. The quantitative estimate of drug-likeness (QED) is 0.0252. The van der Waals surface area contributed by atoms with Gasteiger partial charge in [0, 0.05) is 94.2 Å². The van der Waals surface area contributed by atoms with E-state index in [9.17, 15) is 9.59 Å². The van der Waals surface area contributed by atoms with Crippen molar-refractivity contribution in [3.8, 4) is 34.0 Å². The maximum absolute atomic E-state index is 12.2. The highest BCUT2D eigenvalue weighted by atomic mass is 79.9. The number of carbonyl (C=O) groups is 2. The van der Waals surface area contributed by atoms with Crippen molar-refractivity contribution in [1.82, 2.24) is 34.8 Å². The van der Waals surface area contributed by atoms with Crippen LogP contribution in [0.4, 0.5) is 17.6 Å². The molecule has 2 aliphatic rings. The number of H-pyrrole nitrogens is 2. The second-order valence-corrected chi connectivity index (χ2v) is 21.0. The zero-order chi connectivity index (χ0) is 54.1. The third kappa shape index (κ3) is 16.6. The van der Waals surface area contributed by atoms with Gasteiger partial charge in [-0.3, -0.25) is 9.59 Å². The SMILES string of the molecule is CN(C)C/C=C/C(=O)Cc1ccc(OC2CCCC(Nc3ncc(Cl)c(-c4c[nH]c5ccccc45)n3)C2)cc1.Nc1ccc(OC2CCCC(Nc3ncc(Cl)c(-c4c[nH]c5ccccc45)n3)C2)cc1.O=C(Cl)/C=C/CBr. The number of nitrogens with one attached hydrogen (secondary N) is 4. The lowest BCUT2D eigenvalue weighted by Crippen LogP contribution is -2.33. The Hall–Kier alpha value is -6.75. The molecule has 18 heteroatoms. The lowest BCUT2D eigenvalue weighted by atomic mass is 9.93. The number of alkyl halides is 1. The van der Waals surface area contributed by atoms with E-state index in [1.807, 2.05) is 122 Å². The average molecular weight is 1160 g/mol. The molecule has 2 aliphatic carbocycles. The van der Waals surface area contributed by atoms with E-state index in [0.717, 1.165) is 119 Å². The number of halogens is 4. The van der Waals surface area contributed by atoms with Gasteiger partial charge in [-0.2, -0.15) is 0 Å². The van der Waals surface area contributed by atoms with Crippen LogP contribution in [-0.2, 0) is 16.0 Å². The number of hydrogen-bond donors (Lipinski definition) is 5. The van der Waals surface area contributed by atoms with E-state index in [1.54, 1.807) is 24.5 Å². The van der Waals surface area contributed by atoms with Gasteiger partial charge in [-0.15, -0.1) is 0 Å². The first-order valence-electron chi connectivity index (χ1n) is 25.6. The number of nitrogen functional groups attached to an aromatic ring is 1. The summed E-state index contributed by atoms with van der Waals surface area (Å²) in [6.07, 6.45) is 22.3. The molecule has 10 rings (SSSR count). The van der Waals surface area contributed by atoms with Crippen molar-refractivity contribution in [2.45, 2.75) is 82.1 Å². The predicted molar refractivity (Wildman–Crippen MR) is 317 cm³/mol. The Morgan fingerprint density at radius 2 is 1.19 bits per heavy atom. The summed E-state index contributed by atoms with van der Waals surface area (Å²) in [4.78, 5) is 49.0. The molecule has 4 aromatic heterocycles. The largest absolute Gasteiger partial charge is 0.490 e. The smallest absolute Gasteiger partial charge is 0.244 e. The minimum Gasteiger partial charge on any atom is -0.490 e. The van der Waals surface area contributed by atoms with Gasteiger partial charge in [0.1, 0.15) is 23.7 Å². The first-order chi connectivity index (χ1) is 37.4. The molecule has 6 N–H and O–H groups in total.